The van der Waals surface area contributed by atoms with Crippen LogP contribution in [0.4, 0.5) is 0 Å². The van der Waals surface area contributed by atoms with Gasteiger partial charge in [-0.05, 0) is 50.8 Å². The first kappa shape index (κ1) is 20.8. The van der Waals surface area contributed by atoms with Crippen molar-refractivity contribution >= 4 is 21.9 Å². The number of benzene rings is 1. The number of nitrogens with zero attached hydrogens (tertiary/aromatic N) is 2. The molecular weight excluding hydrogens is 380 g/mol. The minimum absolute atomic E-state index is 0.152. The molecule has 0 aliphatic carbocycles. The van der Waals surface area contributed by atoms with Crippen molar-refractivity contribution in [1.82, 2.24) is 9.21 Å². The summed E-state index contributed by atoms with van der Waals surface area (Å²) in [5, 5.41) is 0. The van der Waals surface area contributed by atoms with Crippen LogP contribution in [0.5, 0.6) is 0 Å². The summed E-state index contributed by atoms with van der Waals surface area (Å²) < 4.78 is 32.4. The number of ether oxygens (including phenoxy) is 1. The van der Waals surface area contributed by atoms with Gasteiger partial charge in [0.2, 0.25) is 10.0 Å². The second-order valence-electron chi connectivity index (χ2n) is 7.33. The van der Waals surface area contributed by atoms with Crippen molar-refractivity contribution in [2.45, 2.75) is 43.9 Å². The molecule has 1 unspecified atom stereocenters. The number of carbonyl (C=O) groups excluding carboxylic acids is 2. The van der Waals surface area contributed by atoms with Gasteiger partial charge in [0.15, 0.2) is 0 Å². The number of rotatable bonds is 5. The van der Waals surface area contributed by atoms with Crippen LogP contribution >= 0.6 is 0 Å². The van der Waals surface area contributed by atoms with Gasteiger partial charge in [0.05, 0.1) is 17.4 Å². The van der Waals surface area contributed by atoms with Crippen LogP contribution in [0.2, 0.25) is 0 Å². The lowest BCUT2D eigenvalue weighted by atomic mass is 9.97. The van der Waals surface area contributed by atoms with Crippen LogP contribution in [0, 0.1) is 5.92 Å². The molecule has 28 heavy (non-hydrogen) atoms. The fourth-order valence-electron chi connectivity index (χ4n) is 3.84. The molecule has 2 aliphatic heterocycles. The van der Waals surface area contributed by atoms with Gasteiger partial charge in [-0.1, -0.05) is 12.5 Å². The molecule has 0 aromatic heterocycles. The van der Waals surface area contributed by atoms with Crippen LogP contribution in [0.15, 0.2) is 29.2 Å². The number of hydrogen-bond donors (Lipinski definition) is 0. The summed E-state index contributed by atoms with van der Waals surface area (Å²) in [6.45, 7) is 3.98. The highest BCUT2D eigenvalue weighted by Gasteiger charge is 2.31. The van der Waals surface area contributed by atoms with E-state index in [0.717, 1.165) is 25.7 Å². The Morgan fingerprint density at radius 1 is 1.11 bits per heavy atom. The van der Waals surface area contributed by atoms with E-state index in [1.807, 2.05) is 0 Å². The molecule has 154 valence electrons. The van der Waals surface area contributed by atoms with Crippen LogP contribution in [-0.2, 0) is 19.6 Å². The van der Waals surface area contributed by atoms with E-state index in [2.05, 4.69) is 0 Å². The molecule has 1 amide bonds. The van der Waals surface area contributed by atoms with Crippen molar-refractivity contribution in [2.24, 2.45) is 5.92 Å². The van der Waals surface area contributed by atoms with Gasteiger partial charge >= 0.3 is 5.97 Å². The van der Waals surface area contributed by atoms with Gasteiger partial charge in [0, 0.05) is 31.7 Å². The Hall–Kier alpha value is -1.93. The maximum Gasteiger partial charge on any atom is 0.310 e. The number of piperidine rings is 2. The third-order valence-electron chi connectivity index (χ3n) is 5.36. The van der Waals surface area contributed by atoms with Gasteiger partial charge in [-0.2, -0.15) is 4.31 Å². The molecule has 0 spiro atoms. The molecule has 0 saturated carbocycles. The molecule has 1 aromatic carbocycles. The van der Waals surface area contributed by atoms with Crippen LogP contribution in [-0.4, -0.2) is 62.3 Å². The number of hydrogen-bond acceptors (Lipinski definition) is 5. The van der Waals surface area contributed by atoms with Crippen molar-refractivity contribution in [1.29, 1.82) is 0 Å². The molecule has 0 radical (unpaired) electrons. The van der Waals surface area contributed by atoms with E-state index < -0.39 is 10.0 Å². The summed E-state index contributed by atoms with van der Waals surface area (Å²) in [5.41, 5.74) is 0.336. The molecule has 2 saturated heterocycles. The molecular formula is C20H28N2O5S. The van der Waals surface area contributed by atoms with E-state index in [-0.39, 0.29) is 22.7 Å². The first-order valence-corrected chi connectivity index (χ1v) is 11.4. The molecule has 2 heterocycles. The van der Waals surface area contributed by atoms with Gasteiger partial charge in [-0.25, -0.2) is 8.42 Å². The van der Waals surface area contributed by atoms with E-state index in [4.69, 9.17) is 4.74 Å². The number of sulfonamides is 1. The number of amides is 1. The van der Waals surface area contributed by atoms with E-state index in [0.29, 0.717) is 44.8 Å². The summed E-state index contributed by atoms with van der Waals surface area (Å²) in [7, 11) is -3.59. The van der Waals surface area contributed by atoms with Crippen molar-refractivity contribution < 1.29 is 22.7 Å². The smallest absolute Gasteiger partial charge is 0.310 e. The maximum absolute atomic E-state index is 12.9. The molecule has 1 aromatic rings. The highest BCUT2D eigenvalue weighted by atomic mass is 32.2. The lowest BCUT2D eigenvalue weighted by Gasteiger charge is -2.31. The highest BCUT2D eigenvalue weighted by molar-refractivity contribution is 7.89. The Kier molecular flexibility index (Phi) is 6.72. The Balaban J connectivity index is 1.76. The predicted octanol–water partition coefficient (Wildman–Crippen LogP) is 2.28. The van der Waals surface area contributed by atoms with Crippen LogP contribution < -0.4 is 0 Å². The summed E-state index contributed by atoms with van der Waals surface area (Å²) in [6.07, 6.45) is 4.19. The highest BCUT2D eigenvalue weighted by Crippen LogP contribution is 2.24. The van der Waals surface area contributed by atoms with E-state index in [1.54, 1.807) is 30.0 Å². The summed E-state index contributed by atoms with van der Waals surface area (Å²) in [5.74, 6) is -0.843. The minimum Gasteiger partial charge on any atom is -0.466 e. The third kappa shape index (κ3) is 4.55. The van der Waals surface area contributed by atoms with Crippen molar-refractivity contribution in [3.05, 3.63) is 29.8 Å². The van der Waals surface area contributed by atoms with Crippen LogP contribution in [0.25, 0.3) is 0 Å². The van der Waals surface area contributed by atoms with Gasteiger partial charge < -0.3 is 9.64 Å². The number of likely N-dealkylation sites (tertiary alicyclic amines) is 1. The topological polar surface area (TPSA) is 84.0 Å². The Bertz CT molecular complexity index is 818. The van der Waals surface area contributed by atoms with Crippen LogP contribution in [0.1, 0.15) is 49.4 Å². The monoisotopic (exact) mass is 408 g/mol. The molecule has 7 nitrogen and oxygen atoms in total. The molecule has 2 aliphatic rings. The fourth-order valence-corrected chi connectivity index (χ4v) is 5.40. The number of carbonyl (C=O) groups is 2. The summed E-state index contributed by atoms with van der Waals surface area (Å²) in [4.78, 5) is 26.7. The zero-order valence-electron chi connectivity index (χ0n) is 16.3. The van der Waals surface area contributed by atoms with Crippen molar-refractivity contribution in [3.8, 4) is 0 Å². The fraction of sp³-hybridized carbons (Fsp3) is 0.600. The van der Waals surface area contributed by atoms with E-state index in [1.165, 1.54) is 10.4 Å². The molecule has 3 rings (SSSR count). The first-order chi connectivity index (χ1) is 13.4. The standard InChI is InChI=1S/C20H28N2O5S/c1-2-27-20(24)17-9-7-11-21(15-17)19(23)16-8-6-10-18(14-16)28(25,26)22-12-4-3-5-13-22/h6,8,10,14,17H,2-5,7,9,11-13,15H2,1H3. The first-order valence-electron chi connectivity index (χ1n) is 9.99. The lowest BCUT2D eigenvalue weighted by Crippen LogP contribution is -2.43. The SMILES string of the molecule is CCOC(=O)C1CCCN(C(=O)c2cccc(S(=O)(=O)N3CCCCC3)c2)C1. The average molecular weight is 409 g/mol. The van der Waals surface area contributed by atoms with Gasteiger partial charge in [0.1, 0.15) is 0 Å². The second kappa shape index (κ2) is 9.05. The molecule has 0 bridgehead atoms. The Morgan fingerprint density at radius 2 is 1.86 bits per heavy atom. The zero-order valence-corrected chi connectivity index (χ0v) is 17.1. The van der Waals surface area contributed by atoms with E-state index in [9.17, 15) is 18.0 Å². The third-order valence-corrected chi connectivity index (χ3v) is 7.26. The Labute approximate surface area is 166 Å². The van der Waals surface area contributed by atoms with Crippen molar-refractivity contribution in [2.75, 3.05) is 32.8 Å². The lowest BCUT2D eigenvalue weighted by molar-refractivity contribution is -0.149. The predicted molar refractivity (Wildman–Crippen MR) is 104 cm³/mol. The summed E-state index contributed by atoms with van der Waals surface area (Å²) >= 11 is 0. The molecule has 2 fully saturated rings. The maximum atomic E-state index is 12.9. The number of esters is 1. The zero-order chi connectivity index (χ0) is 20.1. The van der Waals surface area contributed by atoms with E-state index >= 15 is 0 Å². The van der Waals surface area contributed by atoms with Gasteiger partial charge in [-0.3, -0.25) is 9.59 Å². The average Bonchev–Trinajstić information content (AvgIpc) is 2.74. The minimum atomic E-state index is -3.59. The van der Waals surface area contributed by atoms with Crippen molar-refractivity contribution in [3.63, 3.8) is 0 Å². The molecule has 0 N–H and O–H groups in total. The largest absolute Gasteiger partial charge is 0.466 e. The van der Waals surface area contributed by atoms with Gasteiger partial charge in [0.25, 0.3) is 5.91 Å². The normalized spacial score (nSPS) is 21.3. The molecule has 1 atom stereocenters. The second-order valence-corrected chi connectivity index (χ2v) is 9.27. The summed E-state index contributed by atoms with van der Waals surface area (Å²) in [6, 6.07) is 6.24. The van der Waals surface area contributed by atoms with Crippen LogP contribution in [0.3, 0.4) is 0 Å². The quantitative estimate of drug-likeness (QED) is 0.698. The van der Waals surface area contributed by atoms with Gasteiger partial charge in [-0.15, -0.1) is 0 Å². The molecule has 8 heteroatoms. The Morgan fingerprint density at radius 3 is 2.57 bits per heavy atom.